The number of rotatable bonds is 7. The number of benzene rings is 1. The molecule has 1 aliphatic rings. The van der Waals surface area contributed by atoms with Gasteiger partial charge in [0.2, 0.25) is 5.91 Å². The van der Waals surface area contributed by atoms with Crippen LogP contribution in [0.15, 0.2) is 59.5 Å². The molecule has 7 nitrogen and oxygen atoms in total. The van der Waals surface area contributed by atoms with Gasteiger partial charge in [-0.25, -0.2) is 13.2 Å². The van der Waals surface area contributed by atoms with Crippen molar-refractivity contribution in [1.29, 1.82) is 0 Å². The Bertz CT molecular complexity index is 1300. The zero-order valence-electron chi connectivity index (χ0n) is 18.1. The summed E-state index contributed by atoms with van der Waals surface area (Å²) in [6, 6.07) is 9.92. The zero-order valence-corrected chi connectivity index (χ0v) is 19.7. The summed E-state index contributed by atoms with van der Waals surface area (Å²) in [5.41, 5.74) is -0.238. The number of thiophene rings is 1. The first kappa shape index (κ1) is 25.0. The van der Waals surface area contributed by atoms with E-state index in [9.17, 15) is 27.6 Å². The number of halogens is 4. The molecule has 0 radical (unpaired) electrons. The number of pyridine rings is 1. The molecule has 1 fully saturated rings. The average molecular weight is 525 g/mol. The molecular formula is C23H20ClF3N4O3S. The van der Waals surface area contributed by atoms with Crippen molar-refractivity contribution < 1.29 is 22.8 Å². The third kappa shape index (κ3) is 5.92. The summed E-state index contributed by atoms with van der Waals surface area (Å²) in [5.74, 6) is -1.88. The van der Waals surface area contributed by atoms with Gasteiger partial charge in [-0.05, 0) is 36.8 Å². The molecule has 2 amide bonds. The van der Waals surface area contributed by atoms with E-state index in [0.717, 1.165) is 17.4 Å². The van der Waals surface area contributed by atoms with E-state index in [2.05, 4.69) is 10.6 Å². The fourth-order valence-corrected chi connectivity index (χ4v) is 4.91. The van der Waals surface area contributed by atoms with Gasteiger partial charge < -0.3 is 10.6 Å². The van der Waals surface area contributed by atoms with Crippen LogP contribution in [0.4, 0.5) is 18.9 Å². The first-order chi connectivity index (χ1) is 16.7. The smallest absolute Gasteiger partial charge is 0.261 e. The van der Waals surface area contributed by atoms with Gasteiger partial charge in [-0.15, -0.1) is 11.3 Å². The monoisotopic (exact) mass is 524 g/mol. The van der Waals surface area contributed by atoms with Crippen LogP contribution in [0, 0.1) is 5.82 Å². The van der Waals surface area contributed by atoms with E-state index in [4.69, 9.17) is 11.6 Å². The third-order valence-corrected chi connectivity index (χ3v) is 6.75. The summed E-state index contributed by atoms with van der Waals surface area (Å²) in [4.78, 5) is 38.9. The molecule has 184 valence electrons. The second kappa shape index (κ2) is 10.6. The molecule has 0 bridgehead atoms. The summed E-state index contributed by atoms with van der Waals surface area (Å²) in [6.07, 6.45) is -1.15. The summed E-state index contributed by atoms with van der Waals surface area (Å²) in [6.45, 7) is -0.640. The van der Waals surface area contributed by atoms with Crippen molar-refractivity contribution in [3.05, 3.63) is 80.1 Å². The fraction of sp³-hybridized carbons (Fsp3) is 0.261. The Morgan fingerprint density at radius 1 is 1.17 bits per heavy atom. The van der Waals surface area contributed by atoms with Crippen molar-refractivity contribution in [3.8, 4) is 5.69 Å². The van der Waals surface area contributed by atoms with E-state index in [1.807, 2.05) is 0 Å². The van der Waals surface area contributed by atoms with Gasteiger partial charge in [-0.2, -0.15) is 0 Å². The normalized spacial score (nSPS) is 18.1. The maximum absolute atomic E-state index is 14.7. The summed E-state index contributed by atoms with van der Waals surface area (Å²) < 4.78 is 42.7. The molecule has 3 aromatic rings. The molecule has 1 aromatic carbocycles. The van der Waals surface area contributed by atoms with E-state index in [0.29, 0.717) is 9.21 Å². The van der Waals surface area contributed by atoms with Crippen LogP contribution in [0.1, 0.15) is 16.1 Å². The Balaban J connectivity index is 1.47. The van der Waals surface area contributed by atoms with Gasteiger partial charge in [-0.1, -0.05) is 17.7 Å². The minimum Gasteiger partial charge on any atom is -0.347 e. The highest BCUT2D eigenvalue weighted by molar-refractivity contribution is 7.18. The van der Waals surface area contributed by atoms with Crippen molar-refractivity contribution in [2.75, 3.05) is 18.4 Å². The van der Waals surface area contributed by atoms with E-state index in [1.54, 1.807) is 24.3 Å². The number of amides is 2. The van der Waals surface area contributed by atoms with E-state index < -0.39 is 42.7 Å². The minimum absolute atomic E-state index is 0.0334. The standard InChI is InChI=1S/C23H20ClF3N4O3S/c24-19-7-6-18(35-19)23(34)28-13-9-17(30(11-13)12-20(26)27)22(33)29-16-5-4-14(10-15(16)25)31-8-2-1-3-21(31)32/h1-8,10,13,17,20H,9,11-12H2,(H,28,34)(H,29,33)/t13-,17-/m0/s1. The highest BCUT2D eigenvalue weighted by atomic mass is 35.5. The predicted octanol–water partition coefficient (Wildman–Crippen LogP) is 3.77. The molecule has 0 aliphatic carbocycles. The van der Waals surface area contributed by atoms with E-state index >= 15 is 0 Å². The molecule has 12 heteroatoms. The lowest BCUT2D eigenvalue weighted by molar-refractivity contribution is -0.120. The van der Waals surface area contributed by atoms with Crippen LogP contribution in [0.5, 0.6) is 0 Å². The van der Waals surface area contributed by atoms with Gasteiger partial charge in [0.05, 0.1) is 33.2 Å². The zero-order chi connectivity index (χ0) is 25.1. The Morgan fingerprint density at radius 2 is 1.97 bits per heavy atom. The Kier molecular flexibility index (Phi) is 7.58. The molecule has 0 unspecified atom stereocenters. The molecule has 2 atom stereocenters. The molecule has 2 aromatic heterocycles. The summed E-state index contributed by atoms with van der Waals surface area (Å²) in [7, 11) is 0. The maximum atomic E-state index is 14.7. The van der Waals surface area contributed by atoms with Crippen molar-refractivity contribution in [2.24, 2.45) is 0 Å². The Morgan fingerprint density at radius 3 is 2.63 bits per heavy atom. The molecule has 0 saturated carbocycles. The average Bonchev–Trinajstić information content (AvgIpc) is 3.41. The number of hydrogen-bond donors (Lipinski definition) is 2. The van der Waals surface area contributed by atoms with Gasteiger partial charge in [0.1, 0.15) is 5.82 Å². The number of nitrogens with zero attached hydrogens (tertiary/aromatic N) is 2. The highest BCUT2D eigenvalue weighted by Gasteiger charge is 2.39. The van der Waals surface area contributed by atoms with Crippen LogP contribution < -0.4 is 16.2 Å². The molecular weight excluding hydrogens is 505 g/mol. The molecule has 1 saturated heterocycles. The van der Waals surface area contributed by atoms with Crippen molar-refractivity contribution in [1.82, 2.24) is 14.8 Å². The molecule has 1 aliphatic heterocycles. The molecule has 3 heterocycles. The lowest BCUT2D eigenvalue weighted by Crippen LogP contribution is -2.42. The summed E-state index contributed by atoms with van der Waals surface area (Å²) >= 11 is 6.93. The fourth-order valence-electron chi connectivity index (χ4n) is 3.96. The Hall–Kier alpha value is -3.15. The quantitative estimate of drug-likeness (QED) is 0.493. The number of carbonyl (C=O) groups is 2. The lowest BCUT2D eigenvalue weighted by atomic mass is 10.1. The van der Waals surface area contributed by atoms with Crippen LogP contribution in [0.2, 0.25) is 4.34 Å². The van der Waals surface area contributed by atoms with Crippen LogP contribution in [-0.2, 0) is 4.79 Å². The largest absolute Gasteiger partial charge is 0.347 e. The van der Waals surface area contributed by atoms with E-state index in [-0.39, 0.29) is 29.9 Å². The Labute approximate surface area is 207 Å². The van der Waals surface area contributed by atoms with Crippen LogP contribution >= 0.6 is 22.9 Å². The minimum atomic E-state index is -2.70. The SMILES string of the molecule is O=C(N[C@H]1C[C@@H](C(=O)Nc2ccc(-n3ccccc3=O)cc2F)N(CC(F)F)C1)c1ccc(Cl)s1. The predicted molar refractivity (Wildman–Crippen MR) is 127 cm³/mol. The second-order valence-electron chi connectivity index (χ2n) is 7.93. The van der Waals surface area contributed by atoms with Crippen molar-refractivity contribution >= 4 is 40.4 Å². The van der Waals surface area contributed by atoms with Gasteiger partial charge in [0.25, 0.3) is 17.9 Å². The highest BCUT2D eigenvalue weighted by Crippen LogP contribution is 2.25. The molecule has 2 N–H and O–H groups in total. The van der Waals surface area contributed by atoms with Crippen LogP contribution in [-0.4, -0.2) is 52.9 Å². The van der Waals surface area contributed by atoms with Crippen LogP contribution in [0.3, 0.4) is 0 Å². The number of nitrogens with one attached hydrogen (secondary N) is 2. The topological polar surface area (TPSA) is 83.4 Å². The van der Waals surface area contributed by atoms with Gasteiger partial charge in [-0.3, -0.25) is 23.9 Å². The molecule has 4 rings (SSSR count). The number of alkyl halides is 2. The van der Waals surface area contributed by atoms with Gasteiger partial charge >= 0.3 is 0 Å². The summed E-state index contributed by atoms with van der Waals surface area (Å²) in [5, 5.41) is 5.18. The molecule has 35 heavy (non-hydrogen) atoms. The first-order valence-corrected chi connectivity index (χ1v) is 11.8. The van der Waals surface area contributed by atoms with Crippen molar-refractivity contribution in [2.45, 2.75) is 24.9 Å². The first-order valence-electron chi connectivity index (χ1n) is 10.6. The van der Waals surface area contributed by atoms with Crippen molar-refractivity contribution in [3.63, 3.8) is 0 Å². The number of aromatic nitrogens is 1. The number of carbonyl (C=O) groups excluding carboxylic acids is 2. The van der Waals surface area contributed by atoms with Crippen LogP contribution in [0.25, 0.3) is 5.69 Å². The third-order valence-electron chi connectivity index (χ3n) is 5.52. The number of anilines is 1. The maximum Gasteiger partial charge on any atom is 0.261 e. The molecule has 0 spiro atoms. The van der Waals surface area contributed by atoms with E-state index in [1.165, 1.54) is 33.9 Å². The lowest BCUT2D eigenvalue weighted by Gasteiger charge is -2.23. The number of hydrogen-bond acceptors (Lipinski definition) is 5. The van der Waals surface area contributed by atoms with Gasteiger partial charge in [0, 0.05) is 30.9 Å². The van der Waals surface area contributed by atoms with Gasteiger partial charge in [0.15, 0.2) is 0 Å². The number of likely N-dealkylation sites (tertiary alicyclic amines) is 1. The second-order valence-corrected chi connectivity index (χ2v) is 9.65.